The summed E-state index contributed by atoms with van der Waals surface area (Å²) in [5, 5.41) is 9.46. The van der Waals surface area contributed by atoms with Gasteiger partial charge in [-0.15, -0.1) is 0 Å². The highest BCUT2D eigenvalue weighted by atomic mass is 16.5. The number of hydrogen-bond acceptors (Lipinski definition) is 3. The molecule has 3 rings (SSSR count). The van der Waals surface area contributed by atoms with Crippen LogP contribution in [0.15, 0.2) is 78.9 Å². The highest BCUT2D eigenvalue weighted by molar-refractivity contribution is 6.01. The van der Waals surface area contributed by atoms with Crippen LogP contribution in [0, 0.1) is 0 Å². The number of rotatable bonds is 6. The number of ketones is 1. The SMILES string of the molecule is COc1cccc(C[C@H](C(=O)c2ccc(O)cc2)c2ccccc2)c1. The summed E-state index contributed by atoms with van der Waals surface area (Å²) < 4.78 is 5.29. The molecule has 25 heavy (non-hydrogen) atoms. The summed E-state index contributed by atoms with van der Waals surface area (Å²) in [7, 11) is 1.63. The second kappa shape index (κ2) is 7.67. The molecule has 3 nitrogen and oxygen atoms in total. The van der Waals surface area contributed by atoms with E-state index in [1.165, 1.54) is 0 Å². The summed E-state index contributed by atoms with van der Waals surface area (Å²) in [6, 6.07) is 24.0. The van der Waals surface area contributed by atoms with Gasteiger partial charge in [-0.1, -0.05) is 42.5 Å². The van der Waals surface area contributed by atoms with Gasteiger partial charge >= 0.3 is 0 Å². The Hall–Kier alpha value is -3.07. The zero-order valence-corrected chi connectivity index (χ0v) is 14.1. The van der Waals surface area contributed by atoms with Crippen LogP contribution in [-0.4, -0.2) is 18.0 Å². The van der Waals surface area contributed by atoms with E-state index in [0.29, 0.717) is 12.0 Å². The minimum Gasteiger partial charge on any atom is -0.508 e. The average Bonchev–Trinajstić information content (AvgIpc) is 2.67. The maximum atomic E-state index is 13.1. The molecule has 0 saturated heterocycles. The molecule has 0 heterocycles. The van der Waals surface area contributed by atoms with Gasteiger partial charge in [0.05, 0.1) is 13.0 Å². The van der Waals surface area contributed by atoms with E-state index in [0.717, 1.165) is 16.9 Å². The second-order valence-corrected chi connectivity index (χ2v) is 5.93. The summed E-state index contributed by atoms with van der Waals surface area (Å²) in [6.07, 6.45) is 0.584. The highest BCUT2D eigenvalue weighted by Gasteiger charge is 2.22. The Labute approximate surface area is 147 Å². The monoisotopic (exact) mass is 332 g/mol. The van der Waals surface area contributed by atoms with Crippen molar-refractivity contribution in [2.24, 2.45) is 0 Å². The predicted molar refractivity (Wildman–Crippen MR) is 98.3 cm³/mol. The number of methoxy groups -OCH3 is 1. The van der Waals surface area contributed by atoms with Crippen molar-refractivity contribution in [3.05, 3.63) is 95.6 Å². The zero-order valence-electron chi connectivity index (χ0n) is 14.1. The van der Waals surface area contributed by atoms with Gasteiger partial charge in [0.25, 0.3) is 0 Å². The third-order valence-corrected chi connectivity index (χ3v) is 4.24. The fourth-order valence-corrected chi connectivity index (χ4v) is 2.91. The maximum absolute atomic E-state index is 13.1. The molecule has 0 fully saturated rings. The molecule has 3 aromatic rings. The van der Waals surface area contributed by atoms with E-state index in [2.05, 4.69) is 0 Å². The average molecular weight is 332 g/mol. The Morgan fingerprint density at radius 3 is 2.36 bits per heavy atom. The Morgan fingerprint density at radius 2 is 1.68 bits per heavy atom. The van der Waals surface area contributed by atoms with Crippen LogP contribution in [0.2, 0.25) is 0 Å². The molecular formula is C22H20O3. The van der Waals surface area contributed by atoms with Crippen LogP contribution < -0.4 is 4.74 Å². The summed E-state index contributed by atoms with van der Waals surface area (Å²) in [5.41, 5.74) is 2.61. The third kappa shape index (κ3) is 4.07. The van der Waals surface area contributed by atoms with Crippen LogP contribution in [0.4, 0.5) is 0 Å². The van der Waals surface area contributed by atoms with Gasteiger partial charge in [0.2, 0.25) is 0 Å². The Morgan fingerprint density at radius 1 is 0.960 bits per heavy atom. The molecule has 126 valence electrons. The Balaban J connectivity index is 1.95. The summed E-state index contributed by atoms with van der Waals surface area (Å²) in [6.45, 7) is 0. The molecule has 0 aliphatic heterocycles. The minimum absolute atomic E-state index is 0.0361. The summed E-state index contributed by atoms with van der Waals surface area (Å²) in [4.78, 5) is 13.1. The normalized spacial score (nSPS) is 11.7. The van der Waals surface area contributed by atoms with E-state index in [1.54, 1.807) is 31.4 Å². The van der Waals surface area contributed by atoms with Gasteiger partial charge in [0.1, 0.15) is 11.5 Å². The van der Waals surface area contributed by atoms with E-state index in [1.807, 2.05) is 54.6 Å². The van der Waals surface area contributed by atoms with Crippen molar-refractivity contribution in [2.45, 2.75) is 12.3 Å². The number of Topliss-reactive ketones (excluding diaryl/α,β-unsaturated/α-hetero) is 1. The molecule has 0 aliphatic rings. The first-order chi connectivity index (χ1) is 12.2. The van der Waals surface area contributed by atoms with E-state index >= 15 is 0 Å². The first kappa shape index (κ1) is 16.8. The van der Waals surface area contributed by atoms with Gasteiger partial charge in [0, 0.05) is 5.56 Å². The van der Waals surface area contributed by atoms with Gasteiger partial charge in [-0.2, -0.15) is 0 Å². The van der Waals surface area contributed by atoms with Gasteiger partial charge in [0.15, 0.2) is 5.78 Å². The Bertz CT molecular complexity index is 839. The maximum Gasteiger partial charge on any atom is 0.170 e. The van der Waals surface area contributed by atoms with E-state index in [4.69, 9.17) is 4.74 Å². The van der Waals surface area contributed by atoms with Crippen LogP contribution in [0.5, 0.6) is 11.5 Å². The van der Waals surface area contributed by atoms with Crippen molar-refractivity contribution in [1.82, 2.24) is 0 Å². The molecule has 0 saturated carbocycles. The molecule has 0 amide bonds. The first-order valence-corrected chi connectivity index (χ1v) is 8.18. The molecule has 0 unspecified atom stereocenters. The van der Waals surface area contributed by atoms with Crippen molar-refractivity contribution in [1.29, 1.82) is 0 Å². The second-order valence-electron chi connectivity index (χ2n) is 5.93. The molecule has 1 N–H and O–H groups in total. The Kier molecular flexibility index (Phi) is 5.14. The summed E-state index contributed by atoms with van der Waals surface area (Å²) >= 11 is 0. The van der Waals surface area contributed by atoms with E-state index in [9.17, 15) is 9.90 Å². The largest absolute Gasteiger partial charge is 0.508 e. The quantitative estimate of drug-likeness (QED) is 0.671. The lowest BCUT2D eigenvalue weighted by Crippen LogP contribution is -2.15. The predicted octanol–water partition coefficient (Wildman–Crippen LogP) is 4.61. The molecule has 0 bridgehead atoms. The van der Waals surface area contributed by atoms with Crippen molar-refractivity contribution >= 4 is 5.78 Å². The first-order valence-electron chi connectivity index (χ1n) is 8.18. The van der Waals surface area contributed by atoms with Gasteiger partial charge in [-0.25, -0.2) is 0 Å². The number of aromatic hydroxyl groups is 1. The fourth-order valence-electron chi connectivity index (χ4n) is 2.91. The lowest BCUT2D eigenvalue weighted by Gasteiger charge is -2.17. The molecule has 3 aromatic carbocycles. The van der Waals surface area contributed by atoms with Gasteiger partial charge in [-0.3, -0.25) is 4.79 Å². The zero-order chi connectivity index (χ0) is 17.6. The topological polar surface area (TPSA) is 46.5 Å². The molecule has 0 aliphatic carbocycles. The molecular weight excluding hydrogens is 312 g/mol. The van der Waals surface area contributed by atoms with E-state index in [-0.39, 0.29) is 17.5 Å². The van der Waals surface area contributed by atoms with Crippen molar-refractivity contribution in [3.8, 4) is 11.5 Å². The van der Waals surface area contributed by atoms with Crippen LogP contribution in [0.3, 0.4) is 0 Å². The lowest BCUT2D eigenvalue weighted by atomic mass is 9.85. The minimum atomic E-state index is -0.294. The molecule has 0 spiro atoms. The third-order valence-electron chi connectivity index (χ3n) is 4.24. The van der Waals surface area contributed by atoms with Crippen molar-refractivity contribution < 1.29 is 14.6 Å². The number of carbonyl (C=O) groups excluding carboxylic acids is 1. The van der Waals surface area contributed by atoms with Crippen LogP contribution in [-0.2, 0) is 6.42 Å². The van der Waals surface area contributed by atoms with Gasteiger partial charge in [-0.05, 0) is 53.9 Å². The molecule has 3 heteroatoms. The van der Waals surface area contributed by atoms with E-state index < -0.39 is 0 Å². The van der Waals surface area contributed by atoms with Crippen molar-refractivity contribution in [3.63, 3.8) is 0 Å². The number of hydrogen-bond donors (Lipinski definition) is 1. The summed E-state index contributed by atoms with van der Waals surface area (Å²) in [5.74, 6) is 0.675. The fraction of sp³-hybridized carbons (Fsp3) is 0.136. The standard InChI is InChI=1S/C22H20O3/c1-25-20-9-5-6-16(14-20)15-21(17-7-3-2-4-8-17)22(24)18-10-12-19(23)13-11-18/h2-14,21,23H,15H2,1H3/t21-/m0/s1. The lowest BCUT2D eigenvalue weighted by molar-refractivity contribution is 0.0959. The highest BCUT2D eigenvalue weighted by Crippen LogP contribution is 2.27. The molecule has 0 aromatic heterocycles. The molecule has 0 radical (unpaired) electrons. The number of ether oxygens (including phenoxy) is 1. The molecule has 1 atom stereocenters. The van der Waals surface area contributed by atoms with Crippen molar-refractivity contribution in [2.75, 3.05) is 7.11 Å². The van der Waals surface area contributed by atoms with Gasteiger partial charge < -0.3 is 9.84 Å². The smallest absolute Gasteiger partial charge is 0.170 e. The number of phenolic OH excluding ortho intramolecular Hbond substituents is 1. The number of carbonyl (C=O) groups is 1. The number of phenols is 1. The number of benzene rings is 3. The van der Waals surface area contributed by atoms with Crippen LogP contribution in [0.25, 0.3) is 0 Å². The van der Waals surface area contributed by atoms with Crippen LogP contribution in [0.1, 0.15) is 27.4 Å². The van der Waals surface area contributed by atoms with Crippen LogP contribution >= 0.6 is 0 Å².